The van der Waals surface area contributed by atoms with Gasteiger partial charge in [0, 0.05) is 5.57 Å². The monoisotopic (exact) mass is 534 g/mol. The molecule has 0 fully saturated rings. The molecule has 5 rings (SSSR count). The van der Waals surface area contributed by atoms with Gasteiger partial charge in [-0.1, -0.05) is 121 Å². The Morgan fingerprint density at radius 2 is 0.850 bits per heavy atom. The molecule has 4 atom stereocenters. The molecule has 40 heavy (non-hydrogen) atoms. The van der Waals surface area contributed by atoms with Gasteiger partial charge in [-0.05, 0) is 28.3 Å². The number of aldehydes is 1. The Morgan fingerprint density at radius 3 is 1.27 bits per heavy atom. The molecule has 1 aliphatic carbocycles. The summed E-state index contributed by atoms with van der Waals surface area (Å²) < 4.78 is 25.9. The van der Waals surface area contributed by atoms with Crippen molar-refractivity contribution in [1.82, 2.24) is 0 Å². The molecule has 0 unspecified atom stereocenters. The molecule has 0 amide bonds. The summed E-state index contributed by atoms with van der Waals surface area (Å²) in [7, 11) is 0. The topological polar surface area (TPSA) is 54.0 Å². The molecule has 0 saturated carbocycles. The van der Waals surface area contributed by atoms with E-state index in [4.69, 9.17) is 18.9 Å². The van der Waals surface area contributed by atoms with Crippen LogP contribution in [0.25, 0.3) is 0 Å². The third-order valence-electron chi connectivity index (χ3n) is 6.90. The van der Waals surface area contributed by atoms with Crippen LogP contribution in [0.2, 0.25) is 0 Å². The lowest BCUT2D eigenvalue weighted by Gasteiger charge is -2.40. The summed E-state index contributed by atoms with van der Waals surface area (Å²) in [4.78, 5) is 12.4. The van der Waals surface area contributed by atoms with Gasteiger partial charge >= 0.3 is 0 Å². The lowest BCUT2D eigenvalue weighted by atomic mass is 9.89. The normalized spacial score (nSPS) is 20.6. The van der Waals surface area contributed by atoms with E-state index in [9.17, 15) is 4.79 Å². The minimum absolute atomic E-state index is 0.336. The second kappa shape index (κ2) is 14.5. The third-order valence-corrected chi connectivity index (χ3v) is 6.90. The molecule has 5 nitrogen and oxygen atoms in total. The van der Waals surface area contributed by atoms with Gasteiger partial charge in [0.2, 0.25) is 0 Å². The van der Waals surface area contributed by atoms with E-state index < -0.39 is 24.4 Å². The van der Waals surface area contributed by atoms with Crippen molar-refractivity contribution in [3.8, 4) is 0 Å². The Morgan fingerprint density at radius 1 is 0.475 bits per heavy atom. The van der Waals surface area contributed by atoms with Gasteiger partial charge in [0.25, 0.3) is 0 Å². The second-order valence-electron chi connectivity index (χ2n) is 9.79. The molecule has 0 saturated heterocycles. The van der Waals surface area contributed by atoms with Crippen molar-refractivity contribution in [2.75, 3.05) is 0 Å². The van der Waals surface area contributed by atoms with Crippen molar-refractivity contribution in [2.45, 2.75) is 50.8 Å². The lowest BCUT2D eigenvalue weighted by molar-refractivity contribution is -0.182. The van der Waals surface area contributed by atoms with Crippen LogP contribution in [0.15, 0.2) is 133 Å². The van der Waals surface area contributed by atoms with E-state index in [2.05, 4.69) is 0 Å². The molecule has 1 aliphatic rings. The van der Waals surface area contributed by atoms with Crippen LogP contribution in [0.1, 0.15) is 22.3 Å². The highest BCUT2D eigenvalue weighted by Gasteiger charge is 2.43. The summed E-state index contributed by atoms with van der Waals surface area (Å²) in [6.45, 7) is 1.43. The molecule has 0 spiro atoms. The Labute approximate surface area is 236 Å². The summed E-state index contributed by atoms with van der Waals surface area (Å²) >= 11 is 0. The van der Waals surface area contributed by atoms with Crippen LogP contribution in [-0.4, -0.2) is 30.7 Å². The highest BCUT2D eigenvalue weighted by atomic mass is 16.6. The van der Waals surface area contributed by atoms with Gasteiger partial charge in [-0.25, -0.2) is 0 Å². The van der Waals surface area contributed by atoms with Gasteiger partial charge < -0.3 is 18.9 Å². The maximum absolute atomic E-state index is 12.4. The van der Waals surface area contributed by atoms with Crippen LogP contribution in [0.3, 0.4) is 0 Å². The molecular formula is C35H34O5. The van der Waals surface area contributed by atoms with E-state index in [1.54, 1.807) is 0 Å². The van der Waals surface area contributed by atoms with Gasteiger partial charge in [-0.3, -0.25) is 4.79 Å². The van der Waals surface area contributed by atoms with Crippen LogP contribution in [0.4, 0.5) is 0 Å². The Kier molecular flexibility index (Phi) is 10.0. The summed E-state index contributed by atoms with van der Waals surface area (Å²) in [5.74, 6) is 0. The molecule has 4 aromatic rings. The SMILES string of the molecule is O=CC1=C[C@H](OCc2ccccc2)[C@@H](OCc2ccccc2)[C@H](OCc2ccccc2)[C@H]1OCc1ccccc1. The quantitative estimate of drug-likeness (QED) is 0.184. The third kappa shape index (κ3) is 7.62. The Hall–Kier alpha value is -3.87. The molecule has 0 aromatic heterocycles. The smallest absolute Gasteiger partial charge is 0.148 e. The zero-order valence-electron chi connectivity index (χ0n) is 22.4. The Balaban J connectivity index is 1.44. The first-order chi connectivity index (χ1) is 19.8. The van der Waals surface area contributed by atoms with E-state index in [-0.39, 0.29) is 0 Å². The van der Waals surface area contributed by atoms with E-state index in [0.717, 1.165) is 28.5 Å². The number of carbonyl (C=O) groups is 1. The standard InChI is InChI=1S/C35H34O5/c36-22-31-21-32(37-23-27-13-5-1-6-14-27)34(39-25-29-17-9-3-10-18-29)35(40-26-30-19-11-4-12-20-30)33(31)38-24-28-15-7-2-8-16-28/h1-22,32-35H,23-26H2/t32-,33-,34+,35+/m0/s1. The average molecular weight is 535 g/mol. The average Bonchev–Trinajstić information content (AvgIpc) is 3.03. The summed E-state index contributed by atoms with van der Waals surface area (Å²) in [6, 6.07) is 39.9. The number of ether oxygens (including phenoxy) is 4. The number of hydrogen-bond acceptors (Lipinski definition) is 5. The van der Waals surface area contributed by atoms with Gasteiger partial charge in [-0.2, -0.15) is 0 Å². The van der Waals surface area contributed by atoms with Gasteiger partial charge in [0.15, 0.2) is 0 Å². The first-order valence-corrected chi connectivity index (χ1v) is 13.6. The second-order valence-corrected chi connectivity index (χ2v) is 9.79. The first kappa shape index (κ1) is 27.7. The van der Waals surface area contributed by atoms with Crippen molar-refractivity contribution < 1.29 is 23.7 Å². The molecule has 0 heterocycles. The predicted octanol–water partition coefficient (Wildman–Crippen LogP) is 6.47. The summed E-state index contributed by atoms with van der Waals surface area (Å²) in [5.41, 5.74) is 4.60. The van der Waals surface area contributed by atoms with Crippen LogP contribution in [-0.2, 0) is 50.2 Å². The fourth-order valence-corrected chi connectivity index (χ4v) is 4.80. The maximum Gasteiger partial charge on any atom is 0.148 e. The summed E-state index contributed by atoms with van der Waals surface area (Å²) in [5, 5.41) is 0. The number of benzene rings is 4. The molecule has 0 bridgehead atoms. The minimum Gasteiger partial charge on any atom is -0.368 e. The van der Waals surface area contributed by atoms with E-state index in [1.807, 2.05) is 127 Å². The molecule has 0 aliphatic heterocycles. The number of hydrogen-bond donors (Lipinski definition) is 0. The number of rotatable bonds is 13. The highest BCUT2D eigenvalue weighted by molar-refractivity contribution is 5.75. The zero-order chi connectivity index (χ0) is 27.4. The molecule has 0 N–H and O–H groups in total. The molecule has 5 heteroatoms. The van der Waals surface area contributed by atoms with Crippen LogP contribution in [0.5, 0.6) is 0 Å². The van der Waals surface area contributed by atoms with Gasteiger partial charge in [0.05, 0.1) is 26.4 Å². The first-order valence-electron chi connectivity index (χ1n) is 13.6. The van der Waals surface area contributed by atoms with Crippen molar-refractivity contribution >= 4 is 6.29 Å². The Bertz CT molecular complexity index is 1330. The fraction of sp³-hybridized carbons (Fsp3) is 0.229. The molecule has 0 radical (unpaired) electrons. The molecular weight excluding hydrogens is 500 g/mol. The lowest BCUT2D eigenvalue weighted by Crippen LogP contribution is -2.53. The van der Waals surface area contributed by atoms with E-state index >= 15 is 0 Å². The number of carbonyl (C=O) groups excluding carboxylic acids is 1. The van der Waals surface area contributed by atoms with Crippen LogP contribution >= 0.6 is 0 Å². The molecule has 204 valence electrons. The van der Waals surface area contributed by atoms with Crippen molar-refractivity contribution in [1.29, 1.82) is 0 Å². The van der Waals surface area contributed by atoms with Crippen molar-refractivity contribution in [3.63, 3.8) is 0 Å². The van der Waals surface area contributed by atoms with Crippen LogP contribution < -0.4 is 0 Å². The fourth-order valence-electron chi connectivity index (χ4n) is 4.80. The highest BCUT2D eigenvalue weighted by Crippen LogP contribution is 2.31. The minimum atomic E-state index is -0.626. The largest absolute Gasteiger partial charge is 0.368 e. The van der Waals surface area contributed by atoms with Crippen molar-refractivity contribution in [3.05, 3.63) is 155 Å². The molecule has 4 aromatic carbocycles. The summed E-state index contributed by atoms with van der Waals surface area (Å²) in [6.07, 6.45) is 0.445. The van der Waals surface area contributed by atoms with Crippen molar-refractivity contribution in [2.24, 2.45) is 0 Å². The zero-order valence-corrected chi connectivity index (χ0v) is 22.4. The van der Waals surface area contributed by atoms with Gasteiger partial charge in [-0.15, -0.1) is 0 Å². The predicted molar refractivity (Wildman–Crippen MR) is 154 cm³/mol. The van der Waals surface area contributed by atoms with Gasteiger partial charge in [0.1, 0.15) is 30.7 Å². The van der Waals surface area contributed by atoms with Crippen LogP contribution in [0, 0.1) is 0 Å². The van der Waals surface area contributed by atoms with E-state index in [0.29, 0.717) is 32.0 Å². The van der Waals surface area contributed by atoms with E-state index in [1.165, 1.54) is 0 Å². The maximum atomic E-state index is 12.4.